The van der Waals surface area contributed by atoms with Crippen LogP contribution in [0.3, 0.4) is 0 Å². The second-order valence-electron chi connectivity index (χ2n) is 6.49. The molecular weight excluding hydrogens is 406 g/mol. The lowest BCUT2D eigenvalue weighted by molar-refractivity contribution is -0.121. The Labute approximate surface area is 177 Å². The molecule has 7 heteroatoms. The Bertz CT molecular complexity index is 1030. The van der Waals surface area contributed by atoms with Gasteiger partial charge in [-0.3, -0.25) is 9.59 Å². The standard InChI is InChI=1S/C23H20F2N2O2S/c24-18-5-1-16(2-6-18)15-23(29)27-14-13-26-22(28)12-10-20-9-11-21(30-20)17-3-7-19(25)8-4-17/h1-12H,13-15H2,(H,26,28)(H,27,29)/b12-10+. The van der Waals surface area contributed by atoms with Crippen molar-refractivity contribution < 1.29 is 18.4 Å². The summed E-state index contributed by atoms with van der Waals surface area (Å²) in [6, 6.07) is 15.8. The van der Waals surface area contributed by atoms with Crippen LogP contribution in [0, 0.1) is 11.6 Å². The van der Waals surface area contributed by atoms with Gasteiger partial charge in [-0.25, -0.2) is 8.78 Å². The van der Waals surface area contributed by atoms with E-state index in [1.54, 1.807) is 30.3 Å². The molecule has 154 valence electrons. The van der Waals surface area contributed by atoms with Crippen molar-refractivity contribution in [2.75, 3.05) is 13.1 Å². The number of thiophene rings is 1. The number of carbonyl (C=O) groups is 2. The van der Waals surface area contributed by atoms with Crippen LogP contribution in [0.2, 0.25) is 0 Å². The summed E-state index contributed by atoms with van der Waals surface area (Å²) >= 11 is 1.50. The molecule has 3 aromatic rings. The van der Waals surface area contributed by atoms with E-state index in [2.05, 4.69) is 10.6 Å². The van der Waals surface area contributed by atoms with Crippen LogP contribution in [0.1, 0.15) is 10.4 Å². The van der Waals surface area contributed by atoms with Gasteiger partial charge in [0.1, 0.15) is 11.6 Å². The number of nitrogens with one attached hydrogen (secondary N) is 2. The molecule has 1 aromatic heterocycles. The maximum absolute atomic E-state index is 13.0. The number of halogens is 2. The number of benzene rings is 2. The lowest BCUT2D eigenvalue weighted by atomic mass is 10.1. The van der Waals surface area contributed by atoms with E-state index in [0.717, 1.165) is 20.9 Å². The van der Waals surface area contributed by atoms with E-state index in [-0.39, 0.29) is 29.9 Å². The van der Waals surface area contributed by atoms with Crippen molar-refractivity contribution >= 4 is 29.2 Å². The summed E-state index contributed by atoms with van der Waals surface area (Å²) in [4.78, 5) is 25.6. The molecule has 30 heavy (non-hydrogen) atoms. The normalized spacial score (nSPS) is 10.9. The molecule has 0 saturated carbocycles. The predicted molar refractivity (Wildman–Crippen MR) is 115 cm³/mol. The zero-order valence-electron chi connectivity index (χ0n) is 16.0. The van der Waals surface area contributed by atoms with Crippen LogP contribution in [0.15, 0.2) is 66.7 Å². The Kier molecular flexibility index (Phi) is 7.45. The Balaban J connectivity index is 1.38. The van der Waals surface area contributed by atoms with Gasteiger partial charge in [0.2, 0.25) is 11.8 Å². The summed E-state index contributed by atoms with van der Waals surface area (Å²) in [7, 11) is 0. The minimum absolute atomic E-state index is 0.156. The average molecular weight is 426 g/mol. The third-order valence-corrected chi connectivity index (χ3v) is 5.28. The molecule has 4 nitrogen and oxygen atoms in total. The van der Waals surface area contributed by atoms with E-state index in [4.69, 9.17) is 0 Å². The molecular formula is C23H20F2N2O2S. The minimum Gasteiger partial charge on any atom is -0.354 e. The molecule has 0 aliphatic carbocycles. The van der Waals surface area contributed by atoms with E-state index in [1.165, 1.54) is 41.7 Å². The number of carbonyl (C=O) groups excluding carboxylic acids is 2. The number of hydrogen-bond acceptors (Lipinski definition) is 3. The average Bonchev–Trinajstić information content (AvgIpc) is 3.21. The number of hydrogen-bond donors (Lipinski definition) is 2. The minimum atomic E-state index is -0.343. The van der Waals surface area contributed by atoms with Crippen molar-refractivity contribution in [3.05, 3.63) is 88.8 Å². The van der Waals surface area contributed by atoms with E-state index in [0.29, 0.717) is 13.1 Å². The van der Waals surface area contributed by atoms with Crippen LogP contribution in [0.25, 0.3) is 16.5 Å². The first-order valence-electron chi connectivity index (χ1n) is 9.32. The van der Waals surface area contributed by atoms with E-state index in [1.807, 2.05) is 12.1 Å². The van der Waals surface area contributed by atoms with Crippen molar-refractivity contribution in [1.82, 2.24) is 10.6 Å². The van der Waals surface area contributed by atoms with E-state index >= 15 is 0 Å². The van der Waals surface area contributed by atoms with Gasteiger partial charge in [-0.05, 0) is 53.6 Å². The molecule has 2 aromatic carbocycles. The summed E-state index contributed by atoms with van der Waals surface area (Å²) in [5.41, 5.74) is 1.64. The summed E-state index contributed by atoms with van der Waals surface area (Å²) in [5, 5.41) is 5.40. The Morgan fingerprint density at radius 1 is 0.833 bits per heavy atom. The molecule has 0 fully saturated rings. The fourth-order valence-electron chi connectivity index (χ4n) is 2.67. The molecule has 2 amide bonds. The first-order valence-corrected chi connectivity index (χ1v) is 10.1. The fraction of sp³-hybridized carbons (Fsp3) is 0.130. The third kappa shape index (κ3) is 6.63. The van der Waals surface area contributed by atoms with Gasteiger partial charge < -0.3 is 10.6 Å². The van der Waals surface area contributed by atoms with Gasteiger partial charge >= 0.3 is 0 Å². The first kappa shape index (κ1) is 21.4. The summed E-state index contributed by atoms with van der Waals surface area (Å²) in [5.74, 6) is -1.08. The van der Waals surface area contributed by atoms with Gasteiger partial charge in [-0.15, -0.1) is 11.3 Å². The largest absolute Gasteiger partial charge is 0.354 e. The van der Waals surface area contributed by atoms with Crippen molar-refractivity contribution in [2.45, 2.75) is 6.42 Å². The molecule has 1 heterocycles. The van der Waals surface area contributed by atoms with Crippen LogP contribution < -0.4 is 10.6 Å². The highest BCUT2D eigenvalue weighted by Crippen LogP contribution is 2.28. The molecule has 0 aliphatic heterocycles. The second kappa shape index (κ2) is 10.5. The van der Waals surface area contributed by atoms with Gasteiger partial charge in [0.25, 0.3) is 0 Å². The van der Waals surface area contributed by atoms with Crippen LogP contribution in [-0.2, 0) is 16.0 Å². The SMILES string of the molecule is O=C(/C=C/c1ccc(-c2ccc(F)cc2)s1)NCCNC(=O)Cc1ccc(F)cc1. The summed E-state index contributed by atoms with van der Waals surface area (Å²) in [6.45, 7) is 0.594. The predicted octanol–water partition coefficient (Wildman–Crippen LogP) is 4.18. The van der Waals surface area contributed by atoms with Crippen molar-refractivity contribution in [2.24, 2.45) is 0 Å². The van der Waals surface area contributed by atoms with Gasteiger partial charge in [-0.2, -0.15) is 0 Å². The number of rotatable bonds is 8. The van der Waals surface area contributed by atoms with Crippen LogP contribution >= 0.6 is 11.3 Å². The molecule has 0 spiro atoms. The molecule has 3 rings (SSSR count). The monoisotopic (exact) mass is 426 g/mol. The fourth-order valence-corrected chi connectivity index (χ4v) is 3.58. The van der Waals surface area contributed by atoms with Gasteiger partial charge in [0, 0.05) is 28.9 Å². The van der Waals surface area contributed by atoms with Crippen LogP contribution in [-0.4, -0.2) is 24.9 Å². The first-order chi connectivity index (χ1) is 14.5. The molecule has 0 atom stereocenters. The molecule has 2 N–H and O–H groups in total. The number of amides is 2. The smallest absolute Gasteiger partial charge is 0.244 e. The maximum Gasteiger partial charge on any atom is 0.244 e. The van der Waals surface area contributed by atoms with Crippen molar-refractivity contribution in [3.8, 4) is 10.4 Å². The molecule has 0 unspecified atom stereocenters. The van der Waals surface area contributed by atoms with Gasteiger partial charge in [0.15, 0.2) is 0 Å². The third-order valence-electron chi connectivity index (χ3n) is 4.18. The molecule has 0 aliphatic rings. The van der Waals surface area contributed by atoms with E-state index in [9.17, 15) is 18.4 Å². The lowest BCUT2D eigenvalue weighted by Crippen LogP contribution is -2.34. The van der Waals surface area contributed by atoms with Crippen molar-refractivity contribution in [3.63, 3.8) is 0 Å². The zero-order valence-corrected chi connectivity index (χ0v) is 16.8. The summed E-state index contributed by atoms with van der Waals surface area (Å²) < 4.78 is 25.9. The summed E-state index contributed by atoms with van der Waals surface area (Å²) in [6.07, 6.45) is 3.30. The highest BCUT2D eigenvalue weighted by molar-refractivity contribution is 7.16. The highest BCUT2D eigenvalue weighted by Gasteiger charge is 2.04. The molecule has 0 saturated heterocycles. The quantitative estimate of drug-likeness (QED) is 0.419. The zero-order chi connectivity index (χ0) is 21.3. The molecule has 0 bridgehead atoms. The van der Waals surface area contributed by atoms with E-state index < -0.39 is 0 Å². The lowest BCUT2D eigenvalue weighted by Gasteiger charge is -2.06. The Morgan fingerprint density at radius 2 is 1.47 bits per heavy atom. The maximum atomic E-state index is 13.0. The van der Waals surface area contributed by atoms with Gasteiger partial charge in [-0.1, -0.05) is 24.3 Å². The Hall–Kier alpha value is -3.32. The van der Waals surface area contributed by atoms with Crippen LogP contribution in [0.4, 0.5) is 8.78 Å². The van der Waals surface area contributed by atoms with Gasteiger partial charge in [0.05, 0.1) is 6.42 Å². The van der Waals surface area contributed by atoms with Crippen LogP contribution in [0.5, 0.6) is 0 Å². The topological polar surface area (TPSA) is 58.2 Å². The Morgan fingerprint density at radius 3 is 2.17 bits per heavy atom. The molecule has 0 radical (unpaired) electrons. The second-order valence-corrected chi connectivity index (χ2v) is 7.60. The van der Waals surface area contributed by atoms with Crippen molar-refractivity contribution in [1.29, 1.82) is 0 Å². The highest BCUT2D eigenvalue weighted by atomic mass is 32.1.